The summed E-state index contributed by atoms with van der Waals surface area (Å²) in [6.45, 7) is 2.60. The average molecular weight is 251 g/mol. The van der Waals surface area contributed by atoms with Crippen LogP contribution in [0.4, 0.5) is 5.69 Å². The molecular weight excluding hydrogens is 230 g/mol. The molecule has 1 fully saturated rings. The molecule has 0 aromatic carbocycles. The van der Waals surface area contributed by atoms with Crippen LogP contribution in [0, 0.1) is 0 Å². The zero-order valence-electron chi connectivity index (χ0n) is 10.8. The smallest absolute Gasteiger partial charge is 0.0817 e. The lowest BCUT2D eigenvalue weighted by Gasteiger charge is -2.35. The molecule has 0 bridgehead atoms. The zero-order valence-corrected chi connectivity index (χ0v) is 10.8. The van der Waals surface area contributed by atoms with Gasteiger partial charge in [-0.25, -0.2) is 0 Å². The Morgan fingerprint density at radius 1 is 1.50 bits per heavy atom. The van der Waals surface area contributed by atoms with Crippen LogP contribution in [0.3, 0.4) is 0 Å². The molecule has 1 aliphatic heterocycles. The van der Waals surface area contributed by atoms with Gasteiger partial charge < -0.3 is 15.6 Å². The molecule has 1 aromatic heterocycles. The van der Waals surface area contributed by atoms with Crippen LogP contribution in [0.1, 0.15) is 18.5 Å². The quantitative estimate of drug-likeness (QED) is 0.821. The number of rotatable bonds is 4. The summed E-state index contributed by atoms with van der Waals surface area (Å²) >= 11 is 0. The van der Waals surface area contributed by atoms with Gasteiger partial charge in [0, 0.05) is 51.0 Å². The highest BCUT2D eigenvalue weighted by Crippen LogP contribution is 2.21. The van der Waals surface area contributed by atoms with Gasteiger partial charge >= 0.3 is 0 Å². The summed E-state index contributed by atoms with van der Waals surface area (Å²) < 4.78 is 5.27. The van der Waals surface area contributed by atoms with E-state index in [9.17, 15) is 5.11 Å². The van der Waals surface area contributed by atoms with Crippen molar-refractivity contribution in [2.24, 2.45) is 0 Å². The minimum absolute atomic E-state index is 0.632. The van der Waals surface area contributed by atoms with E-state index in [0.717, 1.165) is 11.4 Å². The standard InChI is InChI=1S/C13H21N3O2/c1-16(9-12-8-11(14)2-5-15-12)10-13(17)3-6-18-7-4-13/h2,5,8,17H,3-4,6-7,9-10H2,1H3,(H2,14,15). The van der Waals surface area contributed by atoms with Gasteiger partial charge in [-0.05, 0) is 19.2 Å². The number of aliphatic hydroxyl groups is 1. The van der Waals surface area contributed by atoms with E-state index in [2.05, 4.69) is 9.88 Å². The fourth-order valence-corrected chi connectivity index (χ4v) is 2.33. The van der Waals surface area contributed by atoms with Crippen LogP contribution in [0.5, 0.6) is 0 Å². The molecule has 0 unspecified atom stereocenters. The first-order valence-electron chi connectivity index (χ1n) is 6.26. The molecule has 2 rings (SSSR count). The highest BCUT2D eigenvalue weighted by atomic mass is 16.5. The molecule has 100 valence electrons. The van der Waals surface area contributed by atoms with Crippen LogP contribution >= 0.6 is 0 Å². The topological polar surface area (TPSA) is 71.6 Å². The van der Waals surface area contributed by atoms with Gasteiger partial charge in [-0.2, -0.15) is 0 Å². The van der Waals surface area contributed by atoms with Gasteiger partial charge in [-0.3, -0.25) is 9.88 Å². The van der Waals surface area contributed by atoms with Gasteiger partial charge in [0.1, 0.15) is 0 Å². The van der Waals surface area contributed by atoms with Crippen LogP contribution in [0.25, 0.3) is 0 Å². The first-order chi connectivity index (χ1) is 8.57. The van der Waals surface area contributed by atoms with E-state index in [0.29, 0.717) is 39.1 Å². The van der Waals surface area contributed by atoms with Gasteiger partial charge in [-0.1, -0.05) is 0 Å². The SMILES string of the molecule is CN(Cc1cc(N)ccn1)CC1(O)CCOCC1. The average Bonchev–Trinajstić information content (AvgIpc) is 2.28. The van der Waals surface area contributed by atoms with E-state index < -0.39 is 5.60 Å². The lowest BCUT2D eigenvalue weighted by molar-refractivity contribution is -0.0778. The second kappa shape index (κ2) is 5.65. The maximum atomic E-state index is 10.4. The Hall–Kier alpha value is -1.17. The highest BCUT2D eigenvalue weighted by Gasteiger charge is 2.30. The first kappa shape index (κ1) is 13.3. The van der Waals surface area contributed by atoms with E-state index in [1.165, 1.54) is 0 Å². The molecule has 0 spiro atoms. The summed E-state index contributed by atoms with van der Waals surface area (Å²) in [4.78, 5) is 6.34. The summed E-state index contributed by atoms with van der Waals surface area (Å²) in [5, 5.41) is 10.4. The third-order valence-corrected chi connectivity index (χ3v) is 3.26. The number of ether oxygens (including phenoxy) is 1. The molecular formula is C13H21N3O2. The van der Waals surface area contributed by atoms with Gasteiger partial charge in [0.2, 0.25) is 0 Å². The van der Waals surface area contributed by atoms with Crippen molar-refractivity contribution in [2.45, 2.75) is 25.0 Å². The Morgan fingerprint density at radius 3 is 2.89 bits per heavy atom. The molecule has 0 radical (unpaired) electrons. The predicted molar refractivity (Wildman–Crippen MR) is 70.0 cm³/mol. The fraction of sp³-hybridized carbons (Fsp3) is 0.615. The van der Waals surface area contributed by atoms with Crippen molar-refractivity contribution >= 4 is 5.69 Å². The molecule has 5 heteroatoms. The molecule has 0 saturated carbocycles. The Morgan fingerprint density at radius 2 is 2.22 bits per heavy atom. The van der Waals surface area contributed by atoms with Crippen LogP contribution in [-0.4, -0.2) is 47.4 Å². The minimum Gasteiger partial charge on any atom is -0.399 e. The lowest BCUT2D eigenvalue weighted by atomic mass is 9.94. The monoisotopic (exact) mass is 251 g/mol. The number of pyridine rings is 1. The van der Waals surface area contributed by atoms with E-state index in [-0.39, 0.29) is 0 Å². The van der Waals surface area contributed by atoms with Crippen molar-refractivity contribution in [1.29, 1.82) is 0 Å². The van der Waals surface area contributed by atoms with Crippen molar-refractivity contribution in [3.8, 4) is 0 Å². The largest absolute Gasteiger partial charge is 0.399 e. The molecule has 0 atom stereocenters. The summed E-state index contributed by atoms with van der Waals surface area (Å²) in [5.41, 5.74) is 6.73. The Balaban J connectivity index is 1.90. The number of hydrogen-bond acceptors (Lipinski definition) is 5. The van der Waals surface area contributed by atoms with Crippen molar-refractivity contribution in [3.05, 3.63) is 24.0 Å². The van der Waals surface area contributed by atoms with Crippen molar-refractivity contribution in [1.82, 2.24) is 9.88 Å². The molecule has 0 amide bonds. The van der Waals surface area contributed by atoms with E-state index in [4.69, 9.17) is 10.5 Å². The number of anilines is 1. The van der Waals surface area contributed by atoms with Crippen LogP contribution in [0.15, 0.2) is 18.3 Å². The minimum atomic E-state index is -0.632. The van der Waals surface area contributed by atoms with Gasteiger partial charge in [-0.15, -0.1) is 0 Å². The number of hydrogen-bond donors (Lipinski definition) is 2. The fourth-order valence-electron chi connectivity index (χ4n) is 2.33. The van der Waals surface area contributed by atoms with E-state index in [1.807, 2.05) is 13.1 Å². The summed E-state index contributed by atoms with van der Waals surface area (Å²) in [5.74, 6) is 0. The number of nitrogens with two attached hydrogens (primary N) is 1. The van der Waals surface area contributed by atoms with E-state index >= 15 is 0 Å². The highest BCUT2D eigenvalue weighted by molar-refractivity contribution is 5.37. The molecule has 1 saturated heterocycles. The lowest BCUT2D eigenvalue weighted by Crippen LogP contribution is -2.45. The van der Waals surface area contributed by atoms with Crippen LogP contribution in [0.2, 0.25) is 0 Å². The van der Waals surface area contributed by atoms with Crippen molar-refractivity contribution in [3.63, 3.8) is 0 Å². The van der Waals surface area contributed by atoms with Crippen molar-refractivity contribution < 1.29 is 9.84 Å². The molecule has 5 nitrogen and oxygen atoms in total. The van der Waals surface area contributed by atoms with Crippen LogP contribution < -0.4 is 5.73 Å². The number of aromatic nitrogens is 1. The van der Waals surface area contributed by atoms with Crippen molar-refractivity contribution in [2.75, 3.05) is 32.5 Å². The van der Waals surface area contributed by atoms with E-state index in [1.54, 1.807) is 12.3 Å². The van der Waals surface area contributed by atoms with Gasteiger partial charge in [0.15, 0.2) is 0 Å². The Kier molecular flexibility index (Phi) is 4.16. The third kappa shape index (κ3) is 3.66. The third-order valence-electron chi connectivity index (χ3n) is 3.26. The number of nitrogen functional groups attached to an aromatic ring is 1. The summed E-state index contributed by atoms with van der Waals surface area (Å²) in [6, 6.07) is 3.64. The normalized spacial score (nSPS) is 19.1. The number of nitrogens with zero attached hydrogens (tertiary/aromatic N) is 2. The molecule has 18 heavy (non-hydrogen) atoms. The van der Waals surface area contributed by atoms with Gasteiger partial charge in [0.25, 0.3) is 0 Å². The second-order valence-corrected chi connectivity index (χ2v) is 5.09. The summed E-state index contributed by atoms with van der Waals surface area (Å²) in [6.07, 6.45) is 3.10. The second-order valence-electron chi connectivity index (χ2n) is 5.09. The molecule has 0 aliphatic carbocycles. The number of likely N-dealkylation sites (N-methyl/N-ethyl adjacent to an activating group) is 1. The van der Waals surface area contributed by atoms with Crippen LogP contribution in [-0.2, 0) is 11.3 Å². The molecule has 2 heterocycles. The Bertz CT molecular complexity index is 392. The molecule has 1 aliphatic rings. The first-order valence-corrected chi connectivity index (χ1v) is 6.26. The Labute approximate surface area is 108 Å². The predicted octanol–water partition coefficient (Wildman–Crippen LogP) is 0.637. The summed E-state index contributed by atoms with van der Waals surface area (Å²) in [7, 11) is 1.98. The zero-order chi connectivity index (χ0) is 13.0. The van der Waals surface area contributed by atoms with Gasteiger partial charge in [0.05, 0.1) is 11.3 Å². The maximum Gasteiger partial charge on any atom is 0.0817 e. The maximum absolute atomic E-state index is 10.4. The molecule has 1 aromatic rings. The molecule has 3 N–H and O–H groups in total.